The predicted molar refractivity (Wildman–Crippen MR) is 58.9 cm³/mol. The standard InChI is InChI=1S/C9H18N4O3/c1-6(7(14)5-11-13-10)12-8(15)16-9(2,3)4/h6-7,14H,5H2,1-4H3,(H,12,15)/t6-,7?/m0/s1. The number of carbonyl (C=O) groups excluding carboxylic acids is 1. The topological polar surface area (TPSA) is 107 Å². The van der Waals surface area contributed by atoms with Crippen LogP contribution < -0.4 is 5.32 Å². The van der Waals surface area contributed by atoms with Gasteiger partial charge in [-0.15, -0.1) is 0 Å². The Morgan fingerprint density at radius 1 is 1.62 bits per heavy atom. The number of hydrogen-bond acceptors (Lipinski definition) is 4. The minimum Gasteiger partial charge on any atom is -0.444 e. The van der Waals surface area contributed by atoms with Gasteiger partial charge in [0.05, 0.1) is 18.7 Å². The van der Waals surface area contributed by atoms with Crippen molar-refractivity contribution in [2.75, 3.05) is 6.54 Å². The molecule has 0 spiro atoms. The van der Waals surface area contributed by atoms with Gasteiger partial charge in [-0.2, -0.15) is 0 Å². The number of nitrogens with one attached hydrogen (secondary N) is 1. The van der Waals surface area contributed by atoms with Crippen LogP contribution in [0.3, 0.4) is 0 Å². The van der Waals surface area contributed by atoms with Crippen LogP contribution in [0, 0.1) is 0 Å². The van der Waals surface area contributed by atoms with Gasteiger partial charge in [0.25, 0.3) is 0 Å². The molecule has 16 heavy (non-hydrogen) atoms. The van der Waals surface area contributed by atoms with Crippen LogP contribution in [0.1, 0.15) is 27.7 Å². The van der Waals surface area contributed by atoms with Crippen molar-refractivity contribution in [2.24, 2.45) is 5.11 Å². The second-order valence-electron chi connectivity index (χ2n) is 4.42. The molecule has 0 aromatic heterocycles. The number of nitrogens with zero attached hydrogens (tertiary/aromatic N) is 3. The monoisotopic (exact) mass is 230 g/mol. The fourth-order valence-corrected chi connectivity index (χ4v) is 0.868. The van der Waals surface area contributed by atoms with E-state index in [0.717, 1.165) is 0 Å². The molecule has 0 aromatic rings. The largest absolute Gasteiger partial charge is 0.444 e. The van der Waals surface area contributed by atoms with Crippen LogP contribution in [0.15, 0.2) is 5.11 Å². The number of hydrogen-bond donors (Lipinski definition) is 2. The highest BCUT2D eigenvalue weighted by Crippen LogP contribution is 2.07. The first kappa shape index (κ1) is 14.5. The smallest absolute Gasteiger partial charge is 0.407 e. The molecule has 0 heterocycles. The van der Waals surface area contributed by atoms with E-state index in [0.29, 0.717) is 0 Å². The van der Waals surface area contributed by atoms with Gasteiger partial charge in [-0.05, 0) is 33.2 Å². The zero-order valence-electron chi connectivity index (χ0n) is 9.97. The van der Waals surface area contributed by atoms with E-state index in [1.54, 1.807) is 27.7 Å². The Kier molecular flexibility index (Phi) is 5.63. The zero-order valence-corrected chi connectivity index (χ0v) is 9.97. The maximum Gasteiger partial charge on any atom is 0.407 e. The summed E-state index contributed by atoms with van der Waals surface area (Å²) in [6, 6.07) is -0.541. The zero-order chi connectivity index (χ0) is 12.8. The number of aliphatic hydroxyl groups excluding tert-OH is 1. The van der Waals surface area contributed by atoms with E-state index >= 15 is 0 Å². The third kappa shape index (κ3) is 6.92. The van der Waals surface area contributed by atoms with Gasteiger partial charge in [0.1, 0.15) is 5.60 Å². The van der Waals surface area contributed by atoms with E-state index in [-0.39, 0.29) is 6.54 Å². The highest BCUT2D eigenvalue weighted by molar-refractivity contribution is 5.68. The molecule has 2 atom stereocenters. The number of ether oxygens (including phenoxy) is 1. The molecule has 0 radical (unpaired) electrons. The molecule has 0 bridgehead atoms. The predicted octanol–water partition coefficient (Wildman–Crippen LogP) is 1.57. The van der Waals surface area contributed by atoms with E-state index in [9.17, 15) is 9.90 Å². The van der Waals surface area contributed by atoms with Crippen molar-refractivity contribution in [2.45, 2.75) is 45.4 Å². The number of carbonyl (C=O) groups is 1. The number of aliphatic hydroxyl groups is 1. The van der Waals surface area contributed by atoms with Crippen molar-refractivity contribution in [1.82, 2.24) is 5.32 Å². The van der Waals surface area contributed by atoms with E-state index in [1.165, 1.54) is 0 Å². The van der Waals surface area contributed by atoms with Crippen molar-refractivity contribution >= 4 is 6.09 Å². The molecule has 0 aliphatic rings. The van der Waals surface area contributed by atoms with E-state index < -0.39 is 23.8 Å². The molecule has 7 nitrogen and oxygen atoms in total. The molecule has 0 rings (SSSR count). The van der Waals surface area contributed by atoms with E-state index in [4.69, 9.17) is 10.3 Å². The molecule has 1 amide bonds. The highest BCUT2D eigenvalue weighted by Gasteiger charge is 2.20. The first-order chi connectivity index (χ1) is 7.26. The lowest BCUT2D eigenvalue weighted by molar-refractivity contribution is 0.0443. The Hall–Kier alpha value is -1.46. The summed E-state index contributed by atoms with van der Waals surface area (Å²) in [5.74, 6) is 0. The van der Waals surface area contributed by atoms with Crippen LogP contribution >= 0.6 is 0 Å². The lowest BCUT2D eigenvalue weighted by atomic mass is 10.2. The maximum atomic E-state index is 11.3. The fourth-order valence-electron chi connectivity index (χ4n) is 0.868. The lowest BCUT2D eigenvalue weighted by Gasteiger charge is -2.23. The highest BCUT2D eigenvalue weighted by atomic mass is 16.6. The summed E-state index contributed by atoms with van der Waals surface area (Å²) in [6.45, 7) is 6.74. The molecular formula is C9H18N4O3. The molecule has 0 fully saturated rings. The average Bonchev–Trinajstić information content (AvgIpc) is 2.10. The first-order valence-corrected chi connectivity index (χ1v) is 4.94. The van der Waals surface area contributed by atoms with Gasteiger partial charge in [0, 0.05) is 4.91 Å². The third-order valence-corrected chi connectivity index (χ3v) is 1.65. The summed E-state index contributed by atoms with van der Waals surface area (Å²) in [5, 5.41) is 15.1. The Labute approximate surface area is 94.4 Å². The first-order valence-electron chi connectivity index (χ1n) is 4.94. The molecule has 0 saturated carbocycles. The summed E-state index contributed by atoms with van der Waals surface area (Å²) < 4.78 is 5.00. The summed E-state index contributed by atoms with van der Waals surface area (Å²) in [5.41, 5.74) is 7.48. The Balaban J connectivity index is 4.08. The van der Waals surface area contributed by atoms with Gasteiger partial charge in [-0.3, -0.25) is 0 Å². The molecular weight excluding hydrogens is 212 g/mol. The van der Waals surface area contributed by atoms with Crippen LogP contribution in [0.5, 0.6) is 0 Å². The quantitative estimate of drug-likeness (QED) is 0.434. The van der Waals surface area contributed by atoms with Gasteiger partial charge >= 0.3 is 6.09 Å². The molecule has 2 N–H and O–H groups in total. The number of alkyl carbamates (subject to hydrolysis) is 1. The molecule has 0 aliphatic heterocycles. The van der Waals surface area contributed by atoms with Gasteiger partial charge in [-0.1, -0.05) is 5.11 Å². The van der Waals surface area contributed by atoms with Gasteiger partial charge in [0.2, 0.25) is 0 Å². The van der Waals surface area contributed by atoms with Crippen molar-refractivity contribution in [1.29, 1.82) is 0 Å². The second kappa shape index (κ2) is 6.19. The van der Waals surface area contributed by atoms with E-state index in [1.807, 2.05) is 0 Å². The lowest BCUT2D eigenvalue weighted by Crippen LogP contribution is -2.44. The average molecular weight is 230 g/mol. The van der Waals surface area contributed by atoms with Crippen LogP contribution in [0.25, 0.3) is 10.4 Å². The van der Waals surface area contributed by atoms with Crippen LogP contribution in [0.4, 0.5) is 4.79 Å². The maximum absolute atomic E-state index is 11.3. The Morgan fingerprint density at radius 3 is 2.62 bits per heavy atom. The molecule has 7 heteroatoms. The third-order valence-electron chi connectivity index (χ3n) is 1.65. The van der Waals surface area contributed by atoms with Crippen LogP contribution in [-0.4, -0.2) is 35.5 Å². The Morgan fingerprint density at radius 2 is 2.19 bits per heavy atom. The van der Waals surface area contributed by atoms with Crippen molar-refractivity contribution in [3.8, 4) is 0 Å². The minimum atomic E-state index is -0.927. The van der Waals surface area contributed by atoms with Crippen molar-refractivity contribution < 1.29 is 14.6 Å². The Bertz CT molecular complexity index is 281. The molecule has 0 saturated heterocycles. The second-order valence-corrected chi connectivity index (χ2v) is 4.42. The van der Waals surface area contributed by atoms with Crippen molar-refractivity contribution in [3.63, 3.8) is 0 Å². The SMILES string of the molecule is C[C@H](NC(=O)OC(C)(C)C)C(O)CN=[N+]=[N-]. The normalized spacial score (nSPS) is 14.6. The summed E-state index contributed by atoms with van der Waals surface area (Å²) in [7, 11) is 0. The van der Waals surface area contributed by atoms with Crippen LogP contribution in [0.2, 0.25) is 0 Å². The summed E-state index contributed by atoms with van der Waals surface area (Å²) in [6.07, 6.45) is -1.54. The number of rotatable bonds is 4. The molecule has 92 valence electrons. The molecule has 1 unspecified atom stereocenters. The molecule has 0 aromatic carbocycles. The summed E-state index contributed by atoms with van der Waals surface area (Å²) >= 11 is 0. The fraction of sp³-hybridized carbons (Fsp3) is 0.889. The van der Waals surface area contributed by atoms with E-state index in [2.05, 4.69) is 15.3 Å². The minimum absolute atomic E-state index is 0.0898. The van der Waals surface area contributed by atoms with Crippen LogP contribution in [-0.2, 0) is 4.74 Å². The van der Waals surface area contributed by atoms with Gasteiger partial charge in [-0.25, -0.2) is 4.79 Å². The summed E-state index contributed by atoms with van der Waals surface area (Å²) in [4.78, 5) is 13.8. The number of azide groups is 1. The van der Waals surface area contributed by atoms with Gasteiger partial charge in [0.15, 0.2) is 0 Å². The van der Waals surface area contributed by atoms with Gasteiger partial charge < -0.3 is 15.2 Å². The van der Waals surface area contributed by atoms with Crippen molar-refractivity contribution in [3.05, 3.63) is 10.4 Å². The number of amides is 1. The molecule has 0 aliphatic carbocycles.